The lowest BCUT2D eigenvalue weighted by molar-refractivity contribution is -0.305. The molecule has 8 atom stereocenters. The zero-order valence-electron chi connectivity index (χ0n) is 59.7. The third-order valence-electron chi connectivity index (χ3n) is 18.7. The number of aliphatic hydroxyl groups is 5. The van der Waals surface area contributed by atoms with Crippen molar-refractivity contribution < 1.29 is 49.3 Å². The standard InChI is InChI=1S/C80H149NO10/c1-4-7-10-13-16-19-22-24-26-28-30-32-34-36-38-39-41-43-45-47-49-52-55-58-61-64-67-73(84)79(88)81-71(72(83)66-63-60-57-54-51-21-18-15-12-9-6-3)70-89-80-78(77(87)76(86)74(69-82)90-80)91-75(85)68-65-62-59-56-53-50-48-46-44-42-40-37-35-33-31-29-27-25-23-20-17-14-11-8-5-2/h16,19,24,26,30,32,63,66,71-74,76-78,80,82-84,86-87H,4-15,17-18,20-23,25,27-29,31,33-62,64-65,67-70H2,1-3H3,(H,81,88)/b19-16-,26-24-,32-30-,66-63+. The maximum Gasteiger partial charge on any atom is 0.306 e. The number of hydrogen-bond donors (Lipinski definition) is 6. The number of aliphatic hydroxyl groups excluding tert-OH is 5. The molecule has 1 amide bonds. The fourth-order valence-electron chi connectivity index (χ4n) is 12.5. The van der Waals surface area contributed by atoms with Crippen molar-refractivity contribution in [3.8, 4) is 0 Å². The highest BCUT2D eigenvalue weighted by Crippen LogP contribution is 2.27. The maximum atomic E-state index is 13.5. The second-order valence-electron chi connectivity index (χ2n) is 27.5. The number of carbonyl (C=O) groups is 2. The van der Waals surface area contributed by atoms with Gasteiger partial charge in [0.05, 0.1) is 25.4 Å². The van der Waals surface area contributed by atoms with E-state index in [0.29, 0.717) is 19.3 Å². The smallest absolute Gasteiger partial charge is 0.306 e. The van der Waals surface area contributed by atoms with Crippen LogP contribution >= 0.6 is 0 Å². The summed E-state index contributed by atoms with van der Waals surface area (Å²) in [5, 5.41) is 57.4. The zero-order chi connectivity index (χ0) is 66.0. The molecule has 1 rings (SSSR count). The van der Waals surface area contributed by atoms with Gasteiger partial charge in [0.15, 0.2) is 12.4 Å². The minimum Gasteiger partial charge on any atom is -0.454 e. The molecule has 0 aromatic heterocycles. The Morgan fingerprint density at radius 3 is 1.15 bits per heavy atom. The van der Waals surface area contributed by atoms with Crippen molar-refractivity contribution in [1.82, 2.24) is 5.32 Å². The summed E-state index contributed by atoms with van der Waals surface area (Å²) in [7, 11) is 0. The Kier molecular flexibility index (Phi) is 64.3. The highest BCUT2D eigenvalue weighted by Gasteiger charge is 2.47. The molecule has 11 heteroatoms. The van der Waals surface area contributed by atoms with Gasteiger partial charge in [-0.3, -0.25) is 9.59 Å². The molecule has 91 heavy (non-hydrogen) atoms. The lowest BCUT2D eigenvalue weighted by Gasteiger charge is -2.41. The topological polar surface area (TPSA) is 175 Å². The van der Waals surface area contributed by atoms with Crippen molar-refractivity contribution >= 4 is 11.9 Å². The lowest BCUT2D eigenvalue weighted by Crippen LogP contribution is -2.61. The van der Waals surface area contributed by atoms with Crippen molar-refractivity contribution in [2.24, 2.45) is 0 Å². The van der Waals surface area contributed by atoms with Crippen LogP contribution in [-0.2, 0) is 23.8 Å². The summed E-state index contributed by atoms with van der Waals surface area (Å²) in [5.41, 5.74) is 0. The number of rotatable bonds is 69. The first kappa shape index (κ1) is 86.6. The van der Waals surface area contributed by atoms with Crippen LogP contribution in [0.4, 0.5) is 0 Å². The van der Waals surface area contributed by atoms with Crippen LogP contribution in [0.5, 0.6) is 0 Å². The molecule has 1 aliphatic heterocycles. The Labute approximate surface area is 561 Å². The average molecular weight is 1290 g/mol. The summed E-state index contributed by atoms with van der Waals surface area (Å²) < 4.78 is 17.7. The molecule has 6 N–H and O–H groups in total. The Morgan fingerprint density at radius 2 is 0.758 bits per heavy atom. The van der Waals surface area contributed by atoms with Crippen LogP contribution in [-0.4, -0.2) is 99.6 Å². The minimum absolute atomic E-state index is 0.129. The predicted octanol–water partition coefficient (Wildman–Crippen LogP) is 21.1. The Balaban J connectivity index is 2.47. The normalized spacial score (nSPS) is 18.2. The van der Waals surface area contributed by atoms with Gasteiger partial charge in [-0.25, -0.2) is 0 Å². The number of amides is 1. The van der Waals surface area contributed by atoms with E-state index in [9.17, 15) is 35.1 Å². The number of unbranched alkanes of at least 4 members (excludes halogenated alkanes) is 49. The van der Waals surface area contributed by atoms with Crippen LogP contribution < -0.4 is 5.32 Å². The number of ether oxygens (including phenoxy) is 3. The number of nitrogens with one attached hydrogen (secondary N) is 1. The van der Waals surface area contributed by atoms with E-state index >= 15 is 0 Å². The molecule has 0 aromatic rings. The molecule has 8 unspecified atom stereocenters. The minimum atomic E-state index is -1.61. The molecule has 0 aromatic carbocycles. The van der Waals surface area contributed by atoms with Crippen molar-refractivity contribution in [3.63, 3.8) is 0 Å². The lowest BCUT2D eigenvalue weighted by atomic mass is 9.99. The van der Waals surface area contributed by atoms with Gasteiger partial charge < -0.3 is 45.1 Å². The summed E-state index contributed by atoms with van der Waals surface area (Å²) in [6.45, 7) is 5.82. The van der Waals surface area contributed by atoms with Gasteiger partial charge in [-0.1, -0.05) is 365 Å². The van der Waals surface area contributed by atoms with Crippen LogP contribution in [0.15, 0.2) is 48.6 Å². The summed E-state index contributed by atoms with van der Waals surface area (Å²) in [4.78, 5) is 26.7. The van der Waals surface area contributed by atoms with E-state index in [1.807, 2.05) is 6.08 Å². The van der Waals surface area contributed by atoms with Crippen LogP contribution in [0.25, 0.3) is 0 Å². The number of esters is 1. The molecule has 11 nitrogen and oxygen atoms in total. The monoisotopic (exact) mass is 1280 g/mol. The Morgan fingerprint density at radius 1 is 0.429 bits per heavy atom. The summed E-state index contributed by atoms with van der Waals surface area (Å²) in [6.07, 6.45) is 76.0. The van der Waals surface area contributed by atoms with Crippen molar-refractivity contribution in [2.45, 2.75) is 436 Å². The number of allylic oxidation sites excluding steroid dienone is 7. The summed E-state index contributed by atoms with van der Waals surface area (Å²) in [5.74, 6) is -1.18. The third kappa shape index (κ3) is 54.4. The van der Waals surface area contributed by atoms with Crippen LogP contribution in [0, 0.1) is 0 Å². The van der Waals surface area contributed by atoms with Gasteiger partial charge in [0.25, 0.3) is 0 Å². The molecular formula is C80H149NO10. The van der Waals surface area contributed by atoms with Crippen LogP contribution in [0.3, 0.4) is 0 Å². The average Bonchev–Trinajstić information content (AvgIpc) is 1.02. The molecular weight excluding hydrogens is 1130 g/mol. The van der Waals surface area contributed by atoms with Crippen molar-refractivity contribution in [1.29, 1.82) is 0 Å². The second kappa shape index (κ2) is 67.6. The molecule has 1 saturated heterocycles. The first-order valence-electron chi connectivity index (χ1n) is 39.4. The highest BCUT2D eigenvalue weighted by molar-refractivity contribution is 5.80. The van der Waals surface area contributed by atoms with Gasteiger partial charge in [0.1, 0.15) is 24.4 Å². The molecule has 534 valence electrons. The first-order valence-corrected chi connectivity index (χ1v) is 39.4. The zero-order valence-corrected chi connectivity index (χ0v) is 59.7. The predicted molar refractivity (Wildman–Crippen MR) is 384 cm³/mol. The molecule has 0 bridgehead atoms. The van der Waals surface area contributed by atoms with E-state index in [0.717, 1.165) is 70.6 Å². The van der Waals surface area contributed by atoms with Crippen LogP contribution in [0.2, 0.25) is 0 Å². The summed E-state index contributed by atoms with van der Waals surface area (Å²) >= 11 is 0. The third-order valence-corrected chi connectivity index (χ3v) is 18.7. The molecule has 0 radical (unpaired) electrons. The van der Waals surface area contributed by atoms with Crippen LogP contribution in [0.1, 0.15) is 387 Å². The molecule has 0 aliphatic carbocycles. The Bertz CT molecular complexity index is 1670. The van der Waals surface area contributed by atoms with E-state index in [1.165, 1.54) is 270 Å². The molecule has 0 spiro atoms. The second-order valence-corrected chi connectivity index (χ2v) is 27.5. The fraction of sp³-hybridized carbons (Fsp3) is 0.875. The maximum absolute atomic E-state index is 13.5. The molecule has 0 saturated carbocycles. The van der Waals surface area contributed by atoms with Gasteiger partial charge in [0, 0.05) is 6.42 Å². The number of hydrogen-bond acceptors (Lipinski definition) is 10. The van der Waals surface area contributed by atoms with E-state index in [1.54, 1.807) is 6.08 Å². The fourth-order valence-corrected chi connectivity index (χ4v) is 12.5. The van der Waals surface area contributed by atoms with E-state index < -0.39 is 67.4 Å². The SMILES string of the molecule is CCCCC/C=C\C/C=C\C/C=C\CCCCCCCCCCCCCCCC(O)C(=O)NC(COC1OC(CO)C(O)C(O)C1OC(=O)CCCCCCCCCCCCCCCCCCCCCCCCCCC)C(O)/C=C/CCCCCCCCCCC. The van der Waals surface area contributed by atoms with Gasteiger partial charge in [-0.2, -0.15) is 0 Å². The quantitative estimate of drug-likeness (QED) is 0.0195. The molecule has 1 aliphatic rings. The number of carbonyl (C=O) groups excluding carboxylic acids is 2. The molecule has 1 fully saturated rings. The first-order chi connectivity index (χ1) is 44.7. The van der Waals surface area contributed by atoms with Gasteiger partial charge in [-0.15, -0.1) is 0 Å². The largest absolute Gasteiger partial charge is 0.454 e. The van der Waals surface area contributed by atoms with Gasteiger partial charge in [0.2, 0.25) is 5.91 Å². The summed E-state index contributed by atoms with van der Waals surface area (Å²) in [6, 6.07) is -1.02. The van der Waals surface area contributed by atoms with E-state index in [4.69, 9.17) is 14.2 Å². The van der Waals surface area contributed by atoms with Gasteiger partial charge in [-0.05, 0) is 64.2 Å². The van der Waals surface area contributed by atoms with Crippen molar-refractivity contribution in [3.05, 3.63) is 48.6 Å². The van der Waals surface area contributed by atoms with E-state index in [2.05, 4.69) is 62.5 Å². The van der Waals surface area contributed by atoms with E-state index in [-0.39, 0.29) is 13.0 Å². The van der Waals surface area contributed by atoms with Gasteiger partial charge >= 0.3 is 5.97 Å². The van der Waals surface area contributed by atoms with Crippen molar-refractivity contribution in [2.75, 3.05) is 13.2 Å². The highest BCUT2D eigenvalue weighted by atomic mass is 16.7. The molecule has 1 heterocycles. The Hall–Kier alpha value is -2.38.